The maximum absolute atomic E-state index is 11.3. The molecule has 1 fully saturated rings. The molecule has 0 saturated heterocycles. The molecule has 1 aliphatic rings. The molecule has 0 aromatic carbocycles. The van der Waals surface area contributed by atoms with E-state index in [1.807, 2.05) is 13.8 Å². The van der Waals surface area contributed by atoms with Gasteiger partial charge in [-0.15, -0.1) is 0 Å². The molecule has 0 aliphatic heterocycles. The van der Waals surface area contributed by atoms with Crippen LogP contribution in [0.3, 0.4) is 0 Å². The summed E-state index contributed by atoms with van der Waals surface area (Å²) in [6, 6.07) is 0.244. The number of urea groups is 1. The second-order valence-corrected chi connectivity index (χ2v) is 3.95. The number of amides is 2. The number of carbonyl (C=O) groups excluding carboxylic acids is 1. The second kappa shape index (κ2) is 4.46. The summed E-state index contributed by atoms with van der Waals surface area (Å²) in [5.41, 5.74) is 5.55. The first-order valence-corrected chi connectivity index (χ1v) is 4.90. The van der Waals surface area contributed by atoms with Gasteiger partial charge in [0.25, 0.3) is 0 Å². The second-order valence-electron chi connectivity index (χ2n) is 3.95. The van der Waals surface area contributed by atoms with Crippen molar-refractivity contribution in [3.8, 4) is 0 Å². The zero-order valence-electron chi connectivity index (χ0n) is 8.34. The third-order valence-electron chi connectivity index (χ3n) is 2.18. The summed E-state index contributed by atoms with van der Waals surface area (Å²) in [7, 11) is 0. The van der Waals surface area contributed by atoms with Crippen LogP contribution in [0.4, 0.5) is 4.79 Å². The molecule has 1 atom stereocenters. The van der Waals surface area contributed by atoms with E-state index in [1.165, 1.54) is 12.8 Å². The van der Waals surface area contributed by atoms with E-state index in [4.69, 9.17) is 5.73 Å². The topological polar surface area (TPSA) is 67.2 Å². The zero-order valence-corrected chi connectivity index (χ0v) is 8.34. The lowest BCUT2D eigenvalue weighted by molar-refractivity contribution is 0.233. The molecular weight excluding hydrogens is 166 g/mol. The third kappa shape index (κ3) is 3.63. The molecule has 0 bridgehead atoms. The highest BCUT2D eigenvalue weighted by atomic mass is 16.2. The summed E-state index contributed by atoms with van der Waals surface area (Å²) in [4.78, 5) is 11.3. The SMILES string of the molecule is CC(C)NC(=O)NC(CN)C1CC1. The van der Waals surface area contributed by atoms with Crippen LogP contribution >= 0.6 is 0 Å². The number of nitrogens with one attached hydrogen (secondary N) is 2. The Bertz CT molecular complexity index is 178. The van der Waals surface area contributed by atoms with Gasteiger partial charge in [-0.3, -0.25) is 0 Å². The fraction of sp³-hybridized carbons (Fsp3) is 0.889. The molecule has 1 saturated carbocycles. The quantitative estimate of drug-likeness (QED) is 0.594. The van der Waals surface area contributed by atoms with Crippen molar-refractivity contribution in [2.45, 2.75) is 38.8 Å². The highest BCUT2D eigenvalue weighted by Gasteiger charge is 2.31. The van der Waals surface area contributed by atoms with E-state index < -0.39 is 0 Å². The van der Waals surface area contributed by atoms with E-state index in [2.05, 4.69) is 10.6 Å². The summed E-state index contributed by atoms with van der Waals surface area (Å²) in [6.07, 6.45) is 2.40. The summed E-state index contributed by atoms with van der Waals surface area (Å²) in [5.74, 6) is 0.614. The molecule has 13 heavy (non-hydrogen) atoms. The maximum atomic E-state index is 11.3. The van der Waals surface area contributed by atoms with Crippen molar-refractivity contribution in [1.82, 2.24) is 10.6 Å². The minimum Gasteiger partial charge on any atom is -0.336 e. The van der Waals surface area contributed by atoms with Crippen LogP contribution in [0, 0.1) is 5.92 Å². The Morgan fingerprint density at radius 2 is 2.08 bits per heavy atom. The smallest absolute Gasteiger partial charge is 0.315 e. The molecule has 76 valence electrons. The van der Waals surface area contributed by atoms with Crippen LogP contribution in [0.15, 0.2) is 0 Å². The first-order valence-electron chi connectivity index (χ1n) is 4.90. The van der Waals surface area contributed by atoms with Gasteiger partial charge in [-0.1, -0.05) is 0 Å². The van der Waals surface area contributed by atoms with Gasteiger partial charge in [0.1, 0.15) is 0 Å². The van der Waals surface area contributed by atoms with Crippen LogP contribution in [0.5, 0.6) is 0 Å². The Kier molecular flexibility index (Phi) is 3.54. The molecule has 1 unspecified atom stereocenters. The van der Waals surface area contributed by atoms with Crippen molar-refractivity contribution in [2.75, 3.05) is 6.54 Å². The Hall–Kier alpha value is -0.770. The Morgan fingerprint density at radius 3 is 2.46 bits per heavy atom. The van der Waals surface area contributed by atoms with E-state index in [1.54, 1.807) is 0 Å². The van der Waals surface area contributed by atoms with Crippen molar-refractivity contribution in [3.63, 3.8) is 0 Å². The van der Waals surface area contributed by atoms with Gasteiger partial charge in [0.05, 0.1) is 0 Å². The average molecular weight is 185 g/mol. The lowest BCUT2D eigenvalue weighted by Gasteiger charge is -2.17. The van der Waals surface area contributed by atoms with E-state index in [0.29, 0.717) is 12.5 Å². The normalized spacial score (nSPS) is 18.5. The van der Waals surface area contributed by atoms with Gasteiger partial charge in [-0.25, -0.2) is 4.79 Å². The van der Waals surface area contributed by atoms with Crippen molar-refractivity contribution in [1.29, 1.82) is 0 Å². The fourth-order valence-corrected chi connectivity index (χ4v) is 1.34. The Balaban J connectivity index is 2.24. The first-order chi connectivity index (χ1) is 6.13. The summed E-state index contributed by atoms with van der Waals surface area (Å²) in [6.45, 7) is 4.42. The number of hydrogen-bond donors (Lipinski definition) is 3. The van der Waals surface area contributed by atoms with E-state index in [9.17, 15) is 4.79 Å². The molecule has 0 spiro atoms. The van der Waals surface area contributed by atoms with Crippen molar-refractivity contribution in [2.24, 2.45) is 11.7 Å². The zero-order chi connectivity index (χ0) is 9.84. The molecule has 0 aromatic heterocycles. The number of carbonyl (C=O) groups is 1. The minimum atomic E-state index is -0.0997. The standard InChI is InChI=1S/C9H19N3O/c1-6(2)11-9(13)12-8(5-10)7-3-4-7/h6-8H,3-5,10H2,1-2H3,(H2,11,12,13). The van der Waals surface area contributed by atoms with Crippen LogP contribution in [0.1, 0.15) is 26.7 Å². The Labute approximate surface area is 79.3 Å². The molecule has 0 heterocycles. The average Bonchev–Trinajstić information content (AvgIpc) is 2.81. The molecule has 4 nitrogen and oxygen atoms in total. The monoisotopic (exact) mass is 185 g/mol. The minimum absolute atomic E-state index is 0.0997. The van der Waals surface area contributed by atoms with Gasteiger partial charge < -0.3 is 16.4 Å². The molecule has 2 amide bonds. The lowest BCUT2D eigenvalue weighted by atomic mass is 10.2. The third-order valence-corrected chi connectivity index (χ3v) is 2.18. The highest BCUT2D eigenvalue weighted by molar-refractivity contribution is 5.74. The van der Waals surface area contributed by atoms with Crippen LogP contribution in [0.2, 0.25) is 0 Å². The molecular formula is C9H19N3O. The predicted molar refractivity (Wildman–Crippen MR) is 52.4 cm³/mol. The van der Waals surface area contributed by atoms with E-state index >= 15 is 0 Å². The Morgan fingerprint density at radius 1 is 1.46 bits per heavy atom. The van der Waals surface area contributed by atoms with Crippen molar-refractivity contribution in [3.05, 3.63) is 0 Å². The predicted octanol–water partition coefficient (Wildman–Crippen LogP) is 0.431. The largest absolute Gasteiger partial charge is 0.336 e. The van der Waals surface area contributed by atoms with Crippen LogP contribution in [-0.4, -0.2) is 24.7 Å². The van der Waals surface area contributed by atoms with E-state index in [-0.39, 0.29) is 18.1 Å². The summed E-state index contributed by atoms with van der Waals surface area (Å²) < 4.78 is 0. The van der Waals surface area contributed by atoms with Crippen LogP contribution in [-0.2, 0) is 0 Å². The maximum Gasteiger partial charge on any atom is 0.315 e. The summed E-state index contributed by atoms with van der Waals surface area (Å²) in [5, 5.41) is 5.67. The molecule has 0 aromatic rings. The molecule has 0 radical (unpaired) electrons. The molecule has 1 aliphatic carbocycles. The molecule has 4 heteroatoms. The van der Waals surface area contributed by atoms with Crippen LogP contribution < -0.4 is 16.4 Å². The van der Waals surface area contributed by atoms with Gasteiger partial charge in [0.15, 0.2) is 0 Å². The molecule has 4 N–H and O–H groups in total. The van der Waals surface area contributed by atoms with Gasteiger partial charge >= 0.3 is 6.03 Å². The number of rotatable bonds is 4. The van der Waals surface area contributed by atoms with Gasteiger partial charge in [-0.2, -0.15) is 0 Å². The fourth-order valence-electron chi connectivity index (χ4n) is 1.34. The van der Waals surface area contributed by atoms with Gasteiger partial charge in [0.2, 0.25) is 0 Å². The number of hydrogen-bond acceptors (Lipinski definition) is 2. The van der Waals surface area contributed by atoms with Crippen molar-refractivity contribution >= 4 is 6.03 Å². The lowest BCUT2D eigenvalue weighted by Crippen LogP contribution is -2.48. The highest BCUT2D eigenvalue weighted by Crippen LogP contribution is 2.32. The first kappa shape index (κ1) is 10.3. The van der Waals surface area contributed by atoms with Gasteiger partial charge in [-0.05, 0) is 32.6 Å². The number of nitrogens with two attached hydrogens (primary N) is 1. The van der Waals surface area contributed by atoms with Crippen molar-refractivity contribution < 1.29 is 4.79 Å². The van der Waals surface area contributed by atoms with Crippen LogP contribution in [0.25, 0.3) is 0 Å². The molecule has 1 rings (SSSR count). The van der Waals surface area contributed by atoms with Gasteiger partial charge in [0, 0.05) is 18.6 Å². The van der Waals surface area contributed by atoms with E-state index in [0.717, 1.165) is 0 Å². The summed E-state index contributed by atoms with van der Waals surface area (Å²) >= 11 is 0.